The summed E-state index contributed by atoms with van der Waals surface area (Å²) in [5.74, 6) is 0.396. The molecular weight excluding hydrogens is 441 g/mol. The van der Waals surface area contributed by atoms with E-state index in [1.54, 1.807) is 51.7 Å². The first-order valence-electron chi connectivity index (χ1n) is 10.2. The molecule has 1 N–H and O–H groups in total. The maximum Gasteiger partial charge on any atom is 0.293 e. The molecule has 11 heteroatoms. The Morgan fingerprint density at radius 3 is 2.79 bits per heavy atom. The fraction of sp³-hybridized carbons (Fsp3) is 0.130. The topological polar surface area (TPSA) is 120 Å². The van der Waals surface area contributed by atoms with Crippen molar-refractivity contribution in [3.8, 4) is 28.4 Å². The molecule has 1 aromatic carbocycles. The van der Waals surface area contributed by atoms with Gasteiger partial charge in [0.05, 0.1) is 18.4 Å². The molecule has 0 atom stereocenters. The Hall–Kier alpha value is -4.67. The minimum atomic E-state index is -0.549. The summed E-state index contributed by atoms with van der Waals surface area (Å²) < 4.78 is 26.8. The number of oxazole rings is 1. The highest BCUT2D eigenvalue weighted by molar-refractivity contribution is 6.03. The number of ether oxygens (including phenoxy) is 1. The lowest BCUT2D eigenvalue weighted by Crippen LogP contribution is -2.12. The van der Waals surface area contributed by atoms with Crippen molar-refractivity contribution in [2.75, 3.05) is 12.4 Å². The normalized spacial score (nSPS) is 11.1. The number of aryl methyl sites for hydroxylation is 2. The Kier molecular flexibility index (Phi) is 5.21. The maximum atomic E-state index is 14.7. The van der Waals surface area contributed by atoms with Crippen LogP contribution in [0.3, 0.4) is 0 Å². The van der Waals surface area contributed by atoms with Crippen LogP contribution in [0.2, 0.25) is 0 Å². The molecule has 0 spiro atoms. The molecule has 0 unspecified atom stereocenters. The van der Waals surface area contributed by atoms with E-state index in [2.05, 4.69) is 30.4 Å². The van der Waals surface area contributed by atoms with E-state index in [9.17, 15) is 9.18 Å². The number of hydrogen-bond donors (Lipinski definition) is 1. The molecule has 0 aliphatic carbocycles. The fourth-order valence-electron chi connectivity index (χ4n) is 3.49. The van der Waals surface area contributed by atoms with Crippen LogP contribution in [-0.2, 0) is 0 Å². The first-order valence-corrected chi connectivity index (χ1v) is 10.2. The van der Waals surface area contributed by atoms with E-state index < -0.39 is 11.7 Å². The number of nitrogens with zero attached hydrogens (tertiary/aromatic N) is 6. The van der Waals surface area contributed by atoms with Gasteiger partial charge in [-0.3, -0.25) is 9.78 Å². The van der Waals surface area contributed by atoms with Crippen molar-refractivity contribution in [1.29, 1.82) is 0 Å². The predicted molar refractivity (Wildman–Crippen MR) is 120 cm³/mol. The van der Waals surface area contributed by atoms with Crippen molar-refractivity contribution in [1.82, 2.24) is 29.5 Å². The van der Waals surface area contributed by atoms with Crippen molar-refractivity contribution < 1.29 is 18.3 Å². The molecule has 4 aromatic heterocycles. The van der Waals surface area contributed by atoms with Gasteiger partial charge in [-0.25, -0.2) is 18.9 Å². The summed E-state index contributed by atoms with van der Waals surface area (Å²) in [6.07, 6.45) is 4.92. The lowest BCUT2D eigenvalue weighted by atomic mass is 10.1. The summed E-state index contributed by atoms with van der Waals surface area (Å²) >= 11 is 0. The summed E-state index contributed by atoms with van der Waals surface area (Å²) in [6, 6.07) is 7.67. The Bertz CT molecular complexity index is 1540. The summed E-state index contributed by atoms with van der Waals surface area (Å²) in [7, 11) is 1.56. The highest BCUT2D eigenvalue weighted by Gasteiger charge is 2.19. The second-order valence-corrected chi connectivity index (χ2v) is 7.37. The fourth-order valence-corrected chi connectivity index (χ4v) is 3.49. The van der Waals surface area contributed by atoms with Gasteiger partial charge in [0, 0.05) is 36.8 Å². The van der Waals surface area contributed by atoms with Crippen LogP contribution in [-0.4, -0.2) is 42.6 Å². The van der Waals surface area contributed by atoms with E-state index in [4.69, 9.17) is 9.15 Å². The number of rotatable bonds is 5. The molecule has 170 valence electrons. The highest BCUT2D eigenvalue weighted by Crippen LogP contribution is 2.28. The highest BCUT2D eigenvalue weighted by atomic mass is 19.1. The van der Waals surface area contributed by atoms with Gasteiger partial charge in [0.25, 0.3) is 11.7 Å². The van der Waals surface area contributed by atoms with Crippen LogP contribution in [0.5, 0.6) is 5.75 Å². The molecule has 5 rings (SSSR count). The van der Waals surface area contributed by atoms with Gasteiger partial charge in [-0.2, -0.15) is 4.98 Å². The van der Waals surface area contributed by atoms with E-state index in [0.717, 1.165) is 0 Å². The SMILES string of the molecule is COc1cccnc1-c1cnc2nc(-c3cc(NC(=O)c4oc(C)nc4C)ccc3F)nn2c1. The number of carbonyl (C=O) groups excluding carboxylic acids is 1. The number of carbonyl (C=O) groups is 1. The van der Waals surface area contributed by atoms with Gasteiger partial charge in [0.15, 0.2) is 11.7 Å². The van der Waals surface area contributed by atoms with Crippen LogP contribution >= 0.6 is 0 Å². The van der Waals surface area contributed by atoms with Gasteiger partial charge in [0.2, 0.25) is 5.76 Å². The third-order valence-electron chi connectivity index (χ3n) is 5.03. The number of hydrogen-bond acceptors (Lipinski definition) is 8. The third kappa shape index (κ3) is 3.83. The Balaban J connectivity index is 1.48. The summed E-state index contributed by atoms with van der Waals surface area (Å²) in [5, 5.41) is 7.06. The molecule has 5 aromatic rings. The zero-order valence-electron chi connectivity index (χ0n) is 18.4. The molecule has 0 fully saturated rings. The van der Waals surface area contributed by atoms with Crippen molar-refractivity contribution >= 4 is 17.4 Å². The molecule has 0 radical (unpaired) electrons. The molecule has 0 aliphatic heterocycles. The average Bonchev–Trinajstić information content (AvgIpc) is 3.41. The molecule has 1 amide bonds. The standard InChI is InChI=1S/C23H18FN7O3/c1-12-20(34-13(2)27-12)22(32)28-15-6-7-17(24)16(9-15)21-29-23-26-10-14(11-31(23)30-21)19-18(33-3)5-4-8-25-19/h4-11H,1-3H3,(H,28,32). The first kappa shape index (κ1) is 21.2. The number of methoxy groups -OCH3 is 1. The molecule has 34 heavy (non-hydrogen) atoms. The molecule has 0 bridgehead atoms. The Labute approximate surface area is 192 Å². The largest absolute Gasteiger partial charge is 0.494 e. The van der Waals surface area contributed by atoms with Gasteiger partial charge < -0.3 is 14.5 Å². The number of halogens is 1. The van der Waals surface area contributed by atoms with Crippen LogP contribution in [0.4, 0.5) is 10.1 Å². The van der Waals surface area contributed by atoms with E-state index in [0.29, 0.717) is 34.3 Å². The predicted octanol–water partition coefficient (Wildman–Crippen LogP) is 3.86. The quantitative estimate of drug-likeness (QED) is 0.421. The molecular formula is C23H18FN7O3. The van der Waals surface area contributed by atoms with Crippen LogP contribution < -0.4 is 10.1 Å². The molecule has 0 aliphatic rings. The van der Waals surface area contributed by atoms with Gasteiger partial charge in [-0.05, 0) is 37.3 Å². The van der Waals surface area contributed by atoms with Gasteiger partial charge in [-0.1, -0.05) is 0 Å². The van der Waals surface area contributed by atoms with Gasteiger partial charge in [-0.15, -0.1) is 5.10 Å². The smallest absolute Gasteiger partial charge is 0.293 e. The Morgan fingerprint density at radius 2 is 2.03 bits per heavy atom. The van der Waals surface area contributed by atoms with E-state index >= 15 is 0 Å². The van der Waals surface area contributed by atoms with Crippen LogP contribution in [0.15, 0.2) is 53.3 Å². The number of amides is 1. The van der Waals surface area contributed by atoms with Crippen molar-refractivity contribution in [3.05, 3.63) is 72.1 Å². The number of anilines is 1. The second-order valence-electron chi connectivity index (χ2n) is 7.37. The molecule has 0 saturated heterocycles. The third-order valence-corrected chi connectivity index (χ3v) is 5.03. The van der Waals surface area contributed by atoms with Gasteiger partial charge in [0.1, 0.15) is 17.3 Å². The summed E-state index contributed by atoms with van der Waals surface area (Å²) in [5.41, 5.74) is 2.16. The zero-order valence-corrected chi connectivity index (χ0v) is 18.4. The first-order chi connectivity index (χ1) is 16.4. The van der Waals surface area contributed by atoms with Crippen molar-refractivity contribution in [3.63, 3.8) is 0 Å². The van der Waals surface area contributed by atoms with Crippen LogP contribution in [0, 0.1) is 19.7 Å². The monoisotopic (exact) mass is 459 g/mol. The van der Waals surface area contributed by atoms with E-state index in [1.165, 1.54) is 22.7 Å². The Morgan fingerprint density at radius 1 is 1.18 bits per heavy atom. The molecule has 10 nitrogen and oxygen atoms in total. The number of pyridine rings is 1. The van der Waals surface area contributed by atoms with Crippen LogP contribution in [0.1, 0.15) is 22.1 Å². The van der Waals surface area contributed by atoms with Gasteiger partial charge >= 0.3 is 0 Å². The summed E-state index contributed by atoms with van der Waals surface area (Å²) in [4.78, 5) is 29.6. The zero-order chi connectivity index (χ0) is 23.8. The minimum Gasteiger partial charge on any atom is -0.494 e. The summed E-state index contributed by atoms with van der Waals surface area (Å²) in [6.45, 7) is 3.32. The van der Waals surface area contributed by atoms with Crippen molar-refractivity contribution in [2.45, 2.75) is 13.8 Å². The average molecular weight is 459 g/mol. The van der Waals surface area contributed by atoms with E-state index in [-0.39, 0.29) is 22.9 Å². The van der Waals surface area contributed by atoms with Crippen LogP contribution in [0.25, 0.3) is 28.4 Å². The van der Waals surface area contributed by atoms with Crippen molar-refractivity contribution in [2.24, 2.45) is 0 Å². The molecule has 0 saturated carbocycles. The number of fused-ring (bicyclic) bond motifs is 1. The lowest BCUT2D eigenvalue weighted by molar-refractivity contribution is 0.0994. The molecule has 4 heterocycles. The number of benzene rings is 1. The van der Waals surface area contributed by atoms with E-state index in [1.807, 2.05) is 0 Å². The lowest BCUT2D eigenvalue weighted by Gasteiger charge is -2.06. The second kappa shape index (κ2) is 8.35. The number of nitrogens with one attached hydrogen (secondary N) is 1. The minimum absolute atomic E-state index is 0.0934. The maximum absolute atomic E-state index is 14.7. The number of aromatic nitrogens is 6.